The van der Waals surface area contributed by atoms with Crippen LogP contribution in [0.2, 0.25) is 0 Å². The van der Waals surface area contributed by atoms with Crippen LogP contribution in [0.25, 0.3) is 0 Å². The molecule has 21 heavy (non-hydrogen) atoms. The fourth-order valence-electron chi connectivity index (χ4n) is 1.43. The summed E-state index contributed by atoms with van der Waals surface area (Å²) >= 11 is 1.03. The zero-order chi connectivity index (χ0) is 15.5. The molecule has 0 saturated carbocycles. The molecule has 1 N–H and O–H groups in total. The van der Waals surface area contributed by atoms with E-state index in [1.165, 1.54) is 30.5 Å². The van der Waals surface area contributed by atoms with Gasteiger partial charge in [0.05, 0.1) is 17.3 Å². The number of thiazole rings is 1. The Morgan fingerprint density at radius 2 is 2.19 bits per heavy atom. The lowest BCUT2D eigenvalue weighted by Crippen LogP contribution is -2.12. The van der Waals surface area contributed by atoms with Gasteiger partial charge >= 0.3 is 10.1 Å². The normalized spacial score (nSPS) is 10.9. The Bertz CT molecular complexity index is 782. The van der Waals surface area contributed by atoms with Crippen LogP contribution in [0, 0.1) is 0 Å². The minimum atomic E-state index is -3.66. The van der Waals surface area contributed by atoms with Crippen LogP contribution in [-0.2, 0) is 10.1 Å². The average molecular weight is 326 g/mol. The number of anilines is 1. The van der Waals surface area contributed by atoms with Gasteiger partial charge in [-0.1, -0.05) is 17.4 Å². The molecule has 0 spiro atoms. The van der Waals surface area contributed by atoms with E-state index in [0.717, 1.165) is 17.6 Å². The summed E-state index contributed by atoms with van der Waals surface area (Å²) < 4.78 is 26.8. The highest BCUT2D eigenvalue weighted by Gasteiger charge is 2.11. The maximum atomic E-state index is 12.0. The second-order valence-corrected chi connectivity index (χ2v) is 6.59. The smallest absolute Gasteiger partial charge is 0.306 e. The van der Waals surface area contributed by atoms with Gasteiger partial charge in [0.1, 0.15) is 5.75 Å². The zero-order valence-electron chi connectivity index (χ0n) is 10.8. The van der Waals surface area contributed by atoms with Crippen molar-refractivity contribution < 1.29 is 22.2 Å². The van der Waals surface area contributed by atoms with Crippen LogP contribution in [0.15, 0.2) is 30.5 Å². The van der Waals surface area contributed by atoms with Crippen LogP contribution >= 0.6 is 11.3 Å². The van der Waals surface area contributed by atoms with Gasteiger partial charge in [-0.05, 0) is 18.2 Å². The second-order valence-electron chi connectivity index (χ2n) is 3.96. The molecule has 1 aromatic carbocycles. The van der Waals surface area contributed by atoms with Crippen LogP contribution in [0.4, 0.5) is 5.13 Å². The van der Waals surface area contributed by atoms with Gasteiger partial charge in [0.15, 0.2) is 11.4 Å². The fraction of sp³-hybridized carbons (Fsp3) is 0.0833. The number of nitrogens with one attached hydrogen (secondary N) is 1. The van der Waals surface area contributed by atoms with Crippen molar-refractivity contribution in [1.29, 1.82) is 0 Å². The van der Waals surface area contributed by atoms with Crippen molar-refractivity contribution in [2.45, 2.75) is 0 Å². The molecular weight excluding hydrogens is 316 g/mol. The SMILES string of the molecule is CS(=O)(=O)Oc1cccc(C(=O)Nc2ncc(C=O)s2)c1. The van der Waals surface area contributed by atoms with E-state index >= 15 is 0 Å². The van der Waals surface area contributed by atoms with E-state index in [-0.39, 0.29) is 16.4 Å². The highest BCUT2D eigenvalue weighted by molar-refractivity contribution is 7.86. The maximum absolute atomic E-state index is 12.0. The largest absolute Gasteiger partial charge is 0.383 e. The predicted molar refractivity (Wildman–Crippen MR) is 77.4 cm³/mol. The summed E-state index contributed by atoms with van der Waals surface area (Å²) in [5.74, 6) is -0.446. The van der Waals surface area contributed by atoms with Gasteiger partial charge in [0.25, 0.3) is 5.91 Å². The highest BCUT2D eigenvalue weighted by atomic mass is 32.2. The number of hydrogen-bond acceptors (Lipinski definition) is 7. The number of nitrogens with zero attached hydrogens (tertiary/aromatic N) is 1. The van der Waals surface area contributed by atoms with Crippen molar-refractivity contribution in [1.82, 2.24) is 4.98 Å². The number of aromatic nitrogens is 1. The van der Waals surface area contributed by atoms with Gasteiger partial charge < -0.3 is 4.18 Å². The molecule has 2 aromatic rings. The van der Waals surface area contributed by atoms with Crippen LogP contribution in [0.1, 0.15) is 20.0 Å². The molecule has 0 aliphatic rings. The highest BCUT2D eigenvalue weighted by Crippen LogP contribution is 2.19. The average Bonchev–Trinajstić information content (AvgIpc) is 2.84. The van der Waals surface area contributed by atoms with Gasteiger partial charge in [0, 0.05) is 5.56 Å². The number of rotatable bonds is 5. The molecule has 0 aliphatic carbocycles. The number of hydrogen-bond donors (Lipinski definition) is 1. The van der Waals surface area contributed by atoms with Crippen molar-refractivity contribution in [2.75, 3.05) is 11.6 Å². The molecule has 0 fully saturated rings. The van der Waals surface area contributed by atoms with E-state index in [1.54, 1.807) is 0 Å². The van der Waals surface area contributed by atoms with E-state index < -0.39 is 16.0 Å². The first-order valence-electron chi connectivity index (χ1n) is 5.59. The third-order valence-electron chi connectivity index (χ3n) is 2.20. The zero-order valence-corrected chi connectivity index (χ0v) is 12.4. The van der Waals surface area contributed by atoms with Crippen molar-refractivity contribution in [3.05, 3.63) is 40.9 Å². The lowest BCUT2D eigenvalue weighted by atomic mass is 10.2. The van der Waals surface area contributed by atoms with Crippen molar-refractivity contribution in [2.24, 2.45) is 0 Å². The number of amides is 1. The van der Waals surface area contributed by atoms with E-state index in [2.05, 4.69) is 10.3 Å². The van der Waals surface area contributed by atoms with Crippen LogP contribution in [0.5, 0.6) is 5.75 Å². The minimum Gasteiger partial charge on any atom is -0.383 e. The van der Waals surface area contributed by atoms with Gasteiger partial charge in [0.2, 0.25) is 0 Å². The summed E-state index contributed by atoms with van der Waals surface area (Å²) in [5.41, 5.74) is 0.207. The summed E-state index contributed by atoms with van der Waals surface area (Å²) in [7, 11) is -3.66. The fourth-order valence-corrected chi connectivity index (χ4v) is 2.51. The molecule has 0 unspecified atom stereocenters. The standard InChI is InChI=1S/C12H10N2O5S2/c1-21(17,18)19-9-4-2-3-8(5-9)11(16)14-12-13-6-10(7-15)20-12/h2-7H,1H3,(H,13,14,16). The predicted octanol–water partition coefficient (Wildman–Crippen LogP) is 1.55. The molecule has 9 heteroatoms. The maximum Gasteiger partial charge on any atom is 0.306 e. The van der Waals surface area contributed by atoms with Crippen LogP contribution < -0.4 is 9.50 Å². The lowest BCUT2D eigenvalue weighted by Gasteiger charge is -2.05. The molecule has 1 aromatic heterocycles. The van der Waals surface area contributed by atoms with Gasteiger partial charge in [-0.15, -0.1) is 0 Å². The van der Waals surface area contributed by atoms with Gasteiger partial charge in [-0.3, -0.25) is 14.9 Å². The molecule has 0 radical (unpaired) electrons. The van der Waals surface area contributed by atoms with Crippen molar-refractivity contribution in [3.63, 3.8) is 0 Å². The lowest BCUT2D eigenvalue weighted by molar-refractivity contribution is 0.102. The number of carbonyl (C=O) groups excluding carboxylic acids is 2. The van der Waals surface area contributed by atoms with E-state index in [1.807, 2.05) is 0 Å². The second kappa shape index (κ2) is 6.02. The first-order chi connectivity index (χ1) is 9.87. The minimum absolute atomic E-state index is 0.0397. The Kier molecular flexibility index (Phi) is 4.34. The summed E-state index contributed by atoms with van der Waals surface area (Å²) in [6, 6.07) is 5.71. The Balaban J connectivity index is 2.15. The summed E-state index contributed by atoms with van der Waals surface area (Å²) in [6.07, 6.45) is 2.89. The quantitative estimate of drug-likeness (QED) is 0.660. The first-order valence-corrected chi connectivity index (χ1v) is 8.22. The Morgan fingerprint density at radius 1 is 1.43 bits per heavy atom. The molecular formula is C12H10N2O5S2. The van der Waals surface area contributed by atoms with Crippen molar-refractivity contribution in [3.8, 4) is 5.75 Å². The summed E-state index contributed by atoms with van der Waals surface area (Å²) in [6.45, 7) is 0. The van der Waals surface area contributed by atoms with Crippen LogP contribution in [0.3, 0.4) is 0 Å². The Labute approximate surface area is 124 Å². The number of benzene rings is 1. The van der Waals surface area contributed by atoms with Gasteiger partial charge in [-0.25, -0.2) is 4.98 Å². The van der Waals surface area contributed by atoms with Crippen LogP contribution in [-0.4, -0.2) is 31.9 Å². The third kappa shape index (κ3) is 4.36. The van der Waals surface area contributed by atoms with Gasteiger partial charge in [-0.2, -0.15) is 8.42 Å². The molecule has 0 aliphatic heterocycles. The van der Waals surface area contributed by atoms with E-state index in [4.69, 9.17) is 4.18 Å². The molecule has 110 valence electrons. The molecule has 1 heterocycles. The number of carbonyl (C=O) groups is 2. The first kappa shape index (κ1) is 15.1. The molecule has 2 rings (SSSR count). The molecule has 7 nitrogen and oxygen atoms in total. The Hall–Kier alpha value is -2.26. The topological polar surface area (TPSA) is 102 Å². The van der Waals surface area contributed by atoms with E-state index in [9.17, 15) is 18.0 Å². The molecule has 0 saturated heterocycles. The van der Waals surface area contributed by atoms with Crippen molar-refractivity contribution >= 4 is 38.8 Å². The third-order valence-corrected chi connectivity index (χ3v) is 3.54. The Morgan fingerprint density at radius 3 is 2.81 bits per heavy atom. The van der Waals surface area contributed by atoms with E-state index in [0.29, 0.717) is 11.2 Å². The molecule has 1 amide bonds. The molecule has 0 atom stereocenters. The summed E-state index contributed by atoms with van der Waals surface area (Å²) in [5, 5.41) is 2.78. The molecule has 0 bridgehead atoms. The monoisotopic (exact) mass is 326 g/mol. The number of aldehydes is 1. The summed E-state index contributed by atoms with van der Waals surface area (Å²) in [4.78, 5) is 26.8.